The average molecular weight is 220 g/mol. The number of hydrogen-bond donors (Lipinski definition) is 2. The van der Waals surface area contributed by atoms with E-state index in [0.29, 0.717) is 12.1 Å². The average Bonchev–Trinajstić information content (AvgIpc) is 2.27. The molecular weight excluding hydrogens is 200 g/mol. The molecule has 0 saturated carbocycles. The molecule has 1 rings (SSSR count). The van der Waals surface area contributed by atoms with Crippen molar-refractivity contribution in [3.8, 4) is 0 Å². The van der Waals surface area contributed by atoms with Gasteiger partial charge in [0.15, 0.2) is 0 Å². The first-order chi connectivity index (χ1) is 7.54. The van der Waals surface area contributed by atoms with Gasteiger partial charge in [0.25, 0.3) is 5.91 Å². The Hall–Kier alpha value is -1.35. The van der Waals surface area contributed by atoms with Gasteiger partial charge in [-0.2, -0.15) is 0 Å². The third-order valence-electron chi connectivity index (χ3n) is 2.86. The summed E-state index contributed by atoms with van der Waals surface area (Å²) < 4.78 is 0. The number of rotatable bonds is 4. The number of aryl methyl sites for hydroxylation is 1. The summed E-state index contributed by atoms with van der Waals surface area (Å²) in [6.45, 7) is 6.56. The SMILES string of the molecule is Cc1cccc(C(=O)NC(C)C(C)CN)c1. The van der Waals surface area contributed by atoms with Crippen LogP contribution in [0.2, 0.25) is 0 Å². The van der Waals surface area contributed by atoms with Crippen molar-refractivity contribution in [3.63, 3.8) is 0 Å². The van der Waals surface area contributed by atoms with Crippen LogP contribution in [0.4, 0.5) is 0 Å². The molecule has 0 heterocycles. The molecule has 0 aliphatic heterocycles. The minimum absolute atomic E-state index is 0.0310. The number of hydrogen-bond acceptors (Lipinski definition) is 2. The van der Waals surface area contributed by atoms with Crippen LogP contribution in [0.15, 0.2) is 24.3 Å². The van der Waals surface area contributed by atoms with Crippen molar-refractivity contribution in [2.45, 2.75) is 26.8 Å². The summed E-state index contributed by atoms with van der Waals surface area (Å²) in [5.74, 6) is 0.255. The van der Waals surface area contributed by atoms with Crippen molar-refractivity contribution in [1.29, 1.82) is 0 Å². The standard InChI is InChI=1S/C13H20N2O/c1-9-5-4-6-12(7-9)13(16)15-11(3)10(2)8-14/h4-7,10-11H,8,14H2,1-3H3,(H,15,16). The van der Waals surface area contributed by atoms with Crippen LogP contribution < -0.4 is 11.1 Å². The normalized spacial score (nSPS) is 14.2. The summed E-state index contributed by atoms with van der Waals surface area (Å²) in [7, 11) is 0. The molecule has 0 spiro atoms. The molecule has 0 fully saturated rings. The van der Waals surface area contributed by atoms with Gasteiger partial charge in [0.1, 0.15) is 0 Å². The Labute approximate surface area is 97.0 Å². The van der Waals surface area contributed by atoms with Crippen LogP contribution in [0.25, 0.3) is 0 Å². The second-order valence-electron chi connectivity index (χ2n) is 4.34. The van der Waals surface area contributed by atoms with Crippen molar-refractivity contribution in [2.24, 2.45) is 11.7 Å². The Morgan fingerprint density at radius 2 is 2.12 bits per heavy atom. The predicted molar refractivity (Wildman–Crippen MR) is 66.3 cm³/mol. The number of carbonyl (C=O) groups is 1. The maximum atomic E-state index is 11.9. The van der Waals surface area contributed by atoms with E-state index in [2.05, 4.69) is 5.32 Å². The Kier molecular flexibility index (Phi) is 4.50. The molecule has 0 aliphatic rings. The van der Waals surface area contributed by atoms with E-state index in [0.717, 1.165) is 5.56 Å². The zero-order valence-electron chi connectivity index (χ0n) is 10.2. The zero-order chi connectivity index (χ0) is 12.1. The summed E-state index contributed by atoms with van der Waals surface area (Å²) in [5, 5.41) is 2.96. The Bertz CT molecular complexity index is 363. The molecule has 3 nitrogen and oxygen atoms in total. The van der Waals surface area contributed by atoms with Gasteiger partial charge in [0.05, 0.1) is 0 Å². The molecule has 3 N–H and O–H groups in total. The van der Waals surface area contributed by atoms with Crippen LogP contribution in [0.1, 0.15) is 29.8 Å². The van der Waals surface area contributed by atoms with Gasteiger partial charge in [-0.05, 0) is 38.4 Å². The molecular formula is C13H20N2O. The third-order valence-corrected chi connectivity index (χ3v) is 2.86. The molecule has 1 aromatic rings. The highest BCUT2D eigenvalue weighted by Crippen LogP contribution is 2.06. The molecule has 3 heteroatoms. The van der Waals surface area contributed by atoms with Gasteiger partial charge in [-0.1, -0.05) is 24.6 Å². The zero-order valence-corrected chi connectivity index (χ0v) is 10.2. The summed E-state index contributed by atoms with van der Waals surface area (Å²) in [6.07, 6.45) is 0. The molecule has 0 aliphatic carbocycles. The number of nitrogens with two attached hydrogens (primary N) is 1. The molecule has 88 valence electrons. The van der Waals surface area contributed by atoms with Gasteiger partial charge in [-0.3, -0.25) is 4.79 Å². The first kappa shape index (κ1) is 12.7. The van der Waals surface area contributed by atoms with Gasteiger partial charge >= 0.3 is 0 Å². The highest BCUT2D eigenvalue weighted by molar-refractivity contribution is 5.94. The smallest absolute Gasteiger partial charge is 0.251 e. The topological polar surface area (TPSA) is 55.1 Å². The minimum Gasteiger partial charge on any atom is -0.349 e. The van der Waals surface area contributed by atoms with Gasteiger partial charge < -0.3 is 11.1 Å². The van der Waals surface area contributed by atoms with E-state index in [4.69, 9.17) is 5.73 Å². The minimum atomic E-state index is -0.0310. The van der Waals surface area contributed by atoms with E-state index in [1.54, 1.807) is 0 Å². The van der Waals surface area contributed by atoms with Gasteiger partial charge in [-0.25, -0.2) is 0 Å². The summed E-state index contributed by atoms with van der Waals surface area (Å²) in [4.78, 5) is 11.9. The lowest BCUT2D eigenvalue weighted by atomic mass is 10.0. The summed E-state index contributed by atoms with van der Waals surface area (Å²) in [5.41, 5.74) is 7.35. The molecule has 1 aromatic carbocycles. The fourth-order valence-electron chi connectivity index (χ4n) is 1.42. The fourth-order valence-corrected chi connectivity index (χ4v) is 1.42. The number of benzene rings is 1. The van der Waals surface area contributed by atoms with E-state index in [1.165, 1.54) is 0 Å². The molecule has 16 heavy (non-hydrogen) atoms. The molecule has 2 atom stereocenters. The van der Waals surface area contributed by atoms with E-state index in [1.807, 2.05) is 45.0 Å². The van der Waals surface area contributed by atoms with Crippen LogP contribution in [-0.4, -0.2) is 18.5 Å². The fraction of sp³-hybridized carbons (Fsp3) is 0.462. The van der Waals surface area contributed by atoms with Crippen LogP contribution >= 0.6 is 0 Å². The number of nitrogens with one attached hydrogen (secondary N) is 1. The summed E-state index contributed by atoms with van der Waals surface area (Å²) in [6, 6.07) is 7.67. The largest absolute Gasteiger partial charge is 0.349 e. The van der Waals surface area contributed by atoms with Gasteiger partial charge in [-0.15, -0.1) is 0 Å². The van der Waals surface area contributed by atoms with Crippen molar-refractivity contribution >= 4 is 5.91 Å². The molecule has 1 amide bonds. The van der Waals surface area contributed by atoms with Crippen LogP contribution in [-0.2, 0) is 0 Å². The van der Waals surface area contributed by atoms with E-state index in [9.17, 15) is 4.79 Å². The lowest BCUT2D eigenvalue weighted by Gasteiger charge is -2.19. The first-order valence-corrected chi connectivity index (χ1v) is 5.62. The maximum Gasteiger partial charge on any atom is 0.251 e. The lowest BCUT2D eigenvalue weighted by molar-refractivity contribution is 0.0929. The first-order valence-electron chi connectivity index (χ1n) is 5.62. The van der Waals surface area contributed by atoms with E-state index < -0.39 is 0 Å². The summed E-state index contributed by atoms with van der Waals surface area (Å²) >= 11 is 0. The number of carbonyl (C=O) groups excluding carboxylic acids is 1. The lowest BCUT2D eigenvalue weighted by Crippen LogP contribution is -2.39. The second kappa shape index (κ2) is 5.66. The molecule has 0 aromatic heterocycles. The van der Waals surface area contributed by atoms with Gasteiger partial charge in [0.2, 0.25) is 0 Å². The van der Waals surface area contributed by atoms with Crippen molar-refractivity contribution < 1.29 is 4.79 Å². The maximum absolute atomic E-state index is 11.9. The van der Waals surface area contributed by atoms with Crippen molar-refractivity contribution in [3.05, 3.63) is 35.4 Å². The highest BCUT2D eigenvalue weighted by Gasteiger charge is 2.14. The Morgan fingerprint density at radius 3 is 2.69 bits per heavy atom. The molecule has 0 radical (unpaired) electrons. The van der Waals surface area contributed by atoms with Crippen LogP contribution in [0, 0.1) is 12.8 Å². The third kappa shape index (κ3) is 3.35. The van der Waals surface area contributed by atoms with E-state index >= 15 is 0 Å². The molecule has 2 unspecified atom stereocenters. The van der Waals surface area contributed by atoms with Crippen molar-refractivity contribution in [1.82, 2.24) is 5.32 Å². The van der Waals surface area contributed by atoms with Crippen molar-refractivity contribution in [2.75, 3.05) is 6.54 Å². The predicted octanol–water partition coefficient (Wildman–Crippen LogP) is 1.71. The Morgan fingerprint density at radius 1 is 1.44 bits per heavy atom. The van der Waals surface area contributed by atoms with Gasteiger partial charge in [0, 0.05) is 11.6 Å². The molecule has 0 saturated heterocycles. The second-order valence-corrected chi connectivity index (χ2v) is 4.34. The highest BCUT2D eigenvalue weighted by atomic mass is 16.1. The quantitative estimate of drug-likeness (QED) is 0.811. The number of amides is 1. The van der Waals surface area contributed by atoms with E-state index in [-0.39, 0.29) is 17.9 Å². The monoisotopic (exact) mass is 220 g/mol. The van der Waals surface area contributed by atoms with Crippen LogP contribution in [0.5, 0.6) is 0 Å². The van der Waals surface area contributed by atoms with Crippen LogP contribution in [0.3, 0.4) is 0 Å². The molecule has 0 bridgehead atoms. The Balaban J connectivity index is 2.66.